The molecular weight excluding hydrogens is 453 g/mol. The minimum atomic E-state index is -0.281. The molecule has 0 spiro atoms. The third kappa shape index (κ3) is 3.30. The fraction of sp³-hybridized carbons (Fsp3) is 0.273. The van der Waals surface area contributed by atoms with Gasteiger partial charge in [0.2, 0.25) is 0 Å². The lowest BCUT2D eigenvalue weighted by Gasteiger charge is -2.30. The number of hydrogen-bond acceptors (Lipinski definition) is 5. The molecule has 0 N–H and O–H groups in total. The number of nitrogens with zero attached hydrogens (tertiary/aromatic N) is 3. The lowest BCUT2D eigenvalue weighted by molar-refractivity contribution is 0.226. The highest BCUT2D eigenvalue weighted by atomic mass is 79.9. The summed E-state index contributed by atoms with van der Waals surface area (Å²) in [7, 11) is 0. The van der Waals surface area contributed by atoms with Crippen molar-refractivity contribution in [3.63, 3.8) is 0 Å². The molecule has 2 aliphatic heterocycles. The molecule has 5 rings (SSSR count). The van der Waals surface area contributed by atoms with E-state index >= 15 is 0 Å². The Kier molecular flexibility index (Phi) is 4.95. The number of pyridine rings is 1. The van der Waals surface area contributed by atoms with Gasteiger partial charge < -0.3 is 9.32 Å². The second kappa shape index (κ2) is 7.61. The minimum Gasteiger partial charge on any atom is -0.459 e. The Balaban J connectivity index is 1.56. The molecule has 7 heteroatoms. The van der Waals surface area contributed by atoms with Crippen molar-refractivity contribution in [1.82, 2.24) is 9.88 Å². The zero-order chi connectivity index (χ0) is 20.0. The van der Waals surface area contributed by atoms with Crippen molar-refractivity contribution in [2.24, 2.45) is 4.99 Å². The summed E-state index contributed by atoms with van der Waals surface area (Å²) < 4.78 is 20.5. The van der Waals surface area contributed by atoms with Gasteiger partial charge >= 0.3 is 0 Å². The van der Waals surface area contributed by atoms with Crippen molar-refractivity contribution in [2.75, 3.05) is 5.75 Å². The first-order chi connectivity index (χ1) is 14.2. The van der Waals surface area contributed by atoms with Crippen LogP contribution in [-0.2, 0) is 0 Å². The highest BCUT2D eigenvalue weighted by Gasteiger charge is 2.46. The molecule has 2 aromatic heterocycles. The average Bonchev–Trinajstić information content (AvgIpc) is 3.43. The minimum absolute atomic E-state index is 0.0344. The van der Waals surface area contributed by atoms with E-state index in [-0.39, 0.29) is 17.9 Å². The van der Waals surface area contributed by atoms with Crippen LogP contribution in [0.4, 0.5) is 4.39 Å². The maximum absolute atomic E-state index is 13.5. The van der Waals surface area contributed by atoms with Crippen molar-refractivity contribution >= 4 is 32.9 Å². The van der Waals surface area contributed by atoms with Crippen LogP contribution in [0.2, 0.25) is 0 Å². The van der Waals surface area contributed by atoms with Crippen LogP contribution >= 0.6 is 27.7 Å². The number of aliphatic imine (C=N–C) groups is 1. The number of aromatic nitrogens is 1. The van der Waals surface area contributed by atoms with Crippen molar-refractivity contribution in [1.29, 1.82) is 0 Å². The summed E-state index contributed by atoms with van der Waals surface area (Å²) in [5.41, 5.74) is 1.77. The summed E-state index contributed by atoms with van der Waals surface area (Å²) in [6.45, 7) is 2.21. The number of benzene rings is 1. The number of rotatable bonds is 4. The van der Waals surface area contributed by atoms with E-state index in [0.29, 0.717) is 16.3 Å². The molecule has 1 aromatic carbocycles. The van der Waals surface area contributed by atoms with Gasteiger partial charge in [0.1, 0.15) is 29.4 Å². The molecule has 1 fully saturated rings. The third-order valence-electron chi connectivity index (χ3n) is 5.44. The Bertz CT molecular complexity index is 1070. The summed E-state index contributed by atoms with van der Waals surface area (Å²) in [5, 5.41) is 1.07. The molecule has 3 aromatic rings. The maximum Gasteiger partial charge on any atom is 0.161 e. The number of fused-ring (bicyclic) bond motifs is 1. The summed E-state index contributed by atoms with van der Waals surface area (Å²) in [4.78, 5) is 12.0. The molecule has 0 bridgehead atoms. The van der Waals surface area contributed by atoms with Gasteiger partial charge in [0.05, 0.1) is 5.69 Å². The van der Waals surface area contributed by atoms with Crippen molar-refractivity contribution < 1.29 is 8.81 Å². The maximum atomic E-state index is 13.5. The van der Waals surface area contributed by atoms with Crippen molar-refractivity contribution in [2.45, 2.75) is 31.5 Å². The summed E-state index contributed by atoms with van der Waals surface area (Å²) in [6, 6.07) is 14.8. The predicted octanol–water partition coefficient (Wildman–Crippen LogP) is 6.22. The Labute approximate surface area is 181 Å². The molecule has 1 saturated heterocycles. The van der Waals surface area contributed by atoms with Crippen molar-refractivity contribution in [3.8, 4) is 11.3 Å². The van der Waals surface area contributed by atoms with Crippen LogP contribution in [0.3, 0.4) is 0 Å². The largest absolute Gasteiger partial charge is 0.459 e. The lowest BCUT2D eigenvalue weighted by atomic mass is 10.0. The zero-order valence-corrected chi connectivity index (χ0v) is 18.2. The number of thioether (sulfide) groups is 1. The molecule has 0 saturated carbocycles. The van der Waals surface area contributed by atoms with E-state index in [9.17, 15) is 4.39 Å². The van der Waals surface area contributed by atoms with Gasteiger partial charge in [0.15, 0.2) is 5.17 Å². The first-order valence-electron chi connectivity index (χ1n) is 9.60. The molecule has 0 radical (unpaired) electrons. The molecular formula is C22H19BrFN3OS. The van der Waals surface area contributed by atoms with E-state index in [1.807, 2.05) is 48.3 Å². The Morgan fingerprint density at radius 1 is 1.24 bits per heavy atom. The normalized spacial score (nSPS) is 23.3. The van der Waals surface area contributed by atoms with E-state index in [2.05, 4.69) is 32.7 Å². The monoisotopic (exact) mass is 471 g/mol. The zero-order valence-electron chi connectivity index (χ0n) is 15.8. The second-order valence-corrected chi connectivity index (χ2v) is 9.00. The van der Waals surface area contributed by atoms with Crippen LogP contribution in [0.15, 0.2) is 68.6 Å². The summed E-state index contributed by atoms with van der Waals surface area (Å²) >= 11 is 5.25. The smallest absolute Gasteiger partial charge is 0.161 e. The number of halogens is 2. The van der Waals surface area contributed by atoms with E-state index < -0.39 is 0 Å². The Hall–Kier alpha value is -2.12. The fourth-order valence-corrected chi connectivity index (χ4v) is 5.89. The van der Waals surface area contributed by atoms with E-state index in [1.54, 1.807) is 6.07 Å². The molecule has 29 heavy (non-hydrogen) atoms. The van der Waals surface area contributed by atoms with Gasteiger partial charge in [-0.05, 0) is 64.8 Å². The molecule has 0 aliphatic carbocycles. The topological polar surface area (TPSA) is 41.6 Å². The fourth-order valence-electron chi connectivity index (χ4n) is 4.01. The van der Waals surface area contributed by atoms with Gasteiger partial charge in [-0.3, -0.25) is 4.98 Å². The van der Waals surface area contributed by atoms with Crippen LogP contribution in [0, 0.1) is 5.82 Å². The van der Waals surface area contributed by atoms with Crippen LogP contribution in [0.25, 0.3) is 11.3 Å². The van der Waals surface area contributed by atoms with Gasteiger partial charge in [-0.15, -0.1) is 0 Å². The highest BCUT2D eigenvalue weighted by Crippen LogP contribution is 2.49. The van der Waals surface area contributed by atoms with E-state index in [4.69, 9.17) is 9.41 Å². The number of furan rings is 1. The number of hydrogen-bond donors (Lipinski definition) is 0. The van der Waals surface area contributed by atoms with E-state index in [0.717, 1.165) is 34.4 Å². The second-order valence-electron chi connectivity index (χ2n) is 7.16. The Morgan fingerprint density at radius 2 is 2.14 bits per heavy atom. The van der Waals surface area contributed by atoms with Gasteiger partial charge in [-0.1, -0.05) is 24.8 Å². The number of amidine groups is 1. The summed E-state index contributed by atoms with van der Waals surface area (Å²) in [5.74, 6) is 2.32. The Morgan fingerprint density at radius 3 is 2.90 bits per heavy atom. The van der Waals surface area contributed by atoms with Gasteiger partial charge in [-0.2, -0.15) is 0 Å². The van der Waals surface area contributed by atoms with Crippen LogP contribution in [-0.4, -0.2) is 26.8 Å². The molecule has 0 amide bonds. The van der Waals surface area contributed by atoms with E-state index in [1.165, 1.54) is 12.1 Å². The van der Waals surface area contributed by atoms with Crippen LogP contribution in [0.1, 0.15) is 36.9 Å². The molecule has 4 heterocycles. The third-order valence-corrected chi connectivity index (χ3v) is 7.23. The molecule has 4 nitrogen and oxygen atoms in total. The van der Waals surface area contributed by atoms with Crippen LogP contribution in [0.5, 0.6) is 0 Å². The van der Waals surface area contributed by atoms with Gasteiger partial charge in [0, 0.05) is 28.0 Å². The predicted molar refractivity (Wildman–Crippen MR) is 117 cm³/mol. The van der Waals surface area contributed by atoms with Gasteiger partial charge in [-0.25, -0.2) is 9.38 Å². The quantitative estimate of drug-likeness (QED) is 0.452. The SMILES string of the molecule is CC[C@@H]1CSC2=N[C@@H](c3ccccn3)[C@H](c3ccc(-c4ccc(F)cc4Br)o3)N21. The molecule has 2 aliphatic rings. The highest BCUT2D eigenvalue weighted by molar-refractivity contribution is 9.10. The van der Waals surface area contributed by atoms with Crippen LogP contribution < -0.4 is 0 Å². The standard InChI is InChI=1S/C22H19BrFN3OS/c1-2-14-12-29-22-26-20(17-5-3-4-10-25-17)21(27(14)22)19-9-8-18(28-19)15-7-6-13(24)11-16(15)23/h3-11,14,20-21H,2,12H2,1H3/t14-,20+,21+/m1/s1. The first kappa shape index (κ1) is 18.9. The molecule has 0 unspecified atom stereocenters. The van der Waals surface area contributed by atoms with Crippen molar-refractivity contribution in [3.05, 3.63) is 76.5 Å². The van der Waals surface area contributed by atoms with Gasteiger partial charge in [0.25, 0.3) is 0 Å². The first-order valence-corrected chi connectivity index (χ1v) is 11.4. The summed E-state index contributed by atoms with van der Waals surface area (Å²) in [6.07, 6.45) is 2.86. The molecule has 3 atom stereocenters. The lowest BCUT2D eigenvalue weighted by Crippen LogP contribution is -2.35. The average molecular weight is 472 g/mol. The molecule has 148 valence electrons.